The third-order valence-electron chi connectivity index (χ3n) is 14.0. The smallest absolute Gasteiger partial charge is 0.330 e. The van der Waals surface area contributed by atoms with E-state index in [9.17, 15) is 19.2 Å². The molecule has 0 unspecified atom stereocenters. The molecule has 6 aliphatic rings. The Kier molecular flexibility index (Phi) is 18.5. The fraction of sp³-hybridized carbons (Fsp3) is 0.250. The van der Waals surface area contributed by atoms with Crippen LogP contribution in [0.15, 0.2) is 148 Å². The lowest BCUT2D eigenvalue weighted by Crippen LogP contribution is -2.22. The SMILES string of the molecule is C=CC(=O)OCCCN1C=CC(c2c3nc(c(C4=CCN(CCCOC(=O)C=C)C=C4)c4ccc([nH]4)c(C4=CCN(CCCOC(=O)C=C)C=C4)c4nc(c(C5=CCN(CCCOC(=O)C=C)C=C5)c5ccc2[nH]5)C=C4)C=C3)=CC1. The van der Waals surface area contributed by atoms with Crippen LogP contribution in [-0.4, -0.2) is 142 Å². The lowest BCUT2D eigenvalue weighted by Gasteiger charge is -2.23. The molecule has 410 valence electrons. The van der Waals surface area contributed by atoms with Crippen molar-refractivity contribution in [3.05, 3.63) is 193 Å². The molecule has 0 saturated heterocycles. The third kappa shape index (κ3) is 13.8. The van der Waals surface area contributed by atoms with Gasteiger partial charge in [0.15, 0.2) is 0 Å². The molecule has 9 heterocycles. The molecule has 0 fully saturated rings. The summed E-state index contributed by atoms with van der Waals surface area (Å²) in [5, 5.41) is 0. The fourth-order valence-electron chi connectivity index (χ4n) is 9.94. The molecule has 16 nitrogen and oxygen atoms in total. The highest BCUT2D eigenvalue weighted by Gasteiger charge is 2.23. The summed E-state index contributed by atoms with van der Waals surface area (Å²) in [4.78, 5) is 74.3. The molecule has 0 radical (unpaired) electrons. The number of allylic oxidation sites excluding steroid dienone is 8. The molecule has 80 heavy (non-hydrogen) atoms. The van der Waals surface area contributed by atoms with Gasteiger partial charge in [0.05, 0.1) is 49.2 Å². The molecule has 0 amide bonds. The van der Waals surface area contributed by atoms with Crippen LogP contribution in [0.3, 0.4) is 0 Å². The van der Waals surface area contributed by atoms with Crippen LogP contribution >= 0.6 is 0 Å². The van der Waals surface area contributed by atoms with Crippen LogP contribution in [0.5, 0.6) is 0 Å². The molecule has 0 atom stereocenters. The molecule has 6 aliphatic heterocycles. The lowest BCUT2D eigenvalue weighted by atomic mass is 10.0. The van der Waals surface area contributed by atoms with Gasteiger partial charge in [-0.15, -0.1) is 0 Å². The first kappa shape index (κ1) is 55.3. The normalized spacial score (nSPS) is 15.2. The van der Waals surface area contributed by atoms with Crippen LogP contribution in [-0.2, 0) is 38.1 Å². The van der Waals surface area contributed by atoms with Crippen molar-refractivity contribution in [3.8, 4) is 0 Å². The quantitative estimate of drug-likeness (QED) is 0.0258. The van der Waals surface area contributed by atoms with E-state index in [1.54, 1.807) is 0 Å². The van der Waals surface area contributed by atoms with Gasteiger partial charge in [0.2, 0.25) is 0 Å². The number of nitrogens with one attached hydrogen (secondary N) is 2. The van der Waals surface area contributed by atoms with E-state index < -0.39 is 23.9 Å². The minimum Gasteiger partial charge on any atom is -0.462 e. The van der Waals surface area contributed by atoms with Crippen molar-refractivity contribution in [2.45, 2.75) is 25.7 Å². The molecule has 16 heteroatoms. The molecule has 9 rings (SSSR count). The first-order valence-electron chi connectivity index (χ1n) is 27.0. The Morgan fingerprint density at radius 2 is 0.637 bits per heavy atom. The van der Waals surface area contributed by atoms with Crippen molar-refractivity contribution in [1.29, 1.82) is 0 Å². The Morgan fingerprint density at radius 1 is 0.400 bits per heavy atom. The van der Waals surface area contributed by atoms with Crippen molar-refractivity contribution in [1.82, 2.24) is 39.5 Å². The first-order chi connectivity index (χ1) is 39.1. The van der Waals surface area contributed by atoms with Gasteiger partial charge in [-0.05, 0) is 146 Å². The second-order valence-corrected chi connectivity index (χ2v) is 19.3. The van der Waals surface area contributed by atoms with E-state index in [0.29, 0.717) is 104 Å². The predicted molar refractivity (Wildman–Crippen MR) is 317 cm³/mol. The van der Waals surface area contributed by atoms with Crippen LogP contribution in [0.2, 0.25) is 0 Å². The van der Waals surface area contributed by atoms with Crippen molar-refractivity contribution in [2.24, 2.45) is 0 Å². The summed E-state index contributed by atoms with van der Waals surface area (Å²) in [5.41, 5.74) is 14.4. The highest BCUT2D eigenvalue weighted by molar-refractivity contribution is 5.99. The molecular weight excluding hydrogens is 1010 g/mol. The molecule has 0 spiro atoms. The summed E-state index contributed by atoms with van der Waals surface area (Å²) in [7, 11) is 0. The maximum absolute atomic E-state index is 11.7. The van der Waals surface area contributed by atoms with E-state index in [1.807, 2.05) is 0 Å². The average molecular weight is 1080 g/mol. The molecule has 3 aromatic rings. The first-order valence-corrected chi connectivity index (χ1v) is 27.0. The summed E-state index contributed by atoms with van der Waals surface area (Å²) < 4.78 is 21.0. The molecule has 8 bridgehead atoms. The Hall–Kier alpha value is -9.44. The fourth-order valence-corrected chi connectivity index (χ4v) is 9.94. The number of aromatic amines is 2. The predicted octanol–water partition coefficient (Wildman–Crippen LogP) is 9.98. The van der Waals surface area contributed by atoms with Crippen LogP contribution in [0.4, 0.5) is 0 Å². The summed E-state index contributed by atoms with van der Waals surface area (Å²) in [5.74, 6) is -1.73. The summed E-state index contributed by atoms with van der Waals surface area (Å²) >= 11 is 0. The molecular formula is C64H66N8O8. The van der Waals surface area contributed by atoms with Gasteiger partial charge in [0.1, 0.15) is 0 Å². The molecule has 0 aliphatic carbocycles. The van der Waals surface area contributed by atoms with Gasteiger partial charge in [-0.1, -0.05) is 50.6 Å². The van der Waals surface area contributed by atoms with E-state index >= 15 is 0 Å². The van der Waals surface area contributed by atoms with E-state index in [0.717, 1.165) is 89.4 Å². The van der Waals surface area contributed by atoms with Gasteiger partial charge < -0.3 is 48.5 Å². The Morgan fingerprint density at radius 3 is 0.838 bits per heavy atom. The number of carbonyl (C=O) groups is 4. The van der Waals surface area contributed by atoms with Crippen LogP contribution in [0, 0.1) is 0 Å². The van der Waals surface area contributed by atoms with E-state index in [-0.39, 0.29) is 0 Å². The Balaban J connectivity index is 1.17. The number of rotatable bonds is 24. The van der Waals surface area contributed by atoms with Gasteiger partial charge in [0, 0.05) is 121 Å². The number of hydrogen-bond donors (Lipinski definition) is 2. The van der Waals surface area contributed by atoms with Gasteiger partial charge in [-0.3, -0.25) is 0 Å². The van der Waals surface area contributed by atoms with E-state index in [2.05, 4.69) is 178 Å². The van der Waals surface area contributed by atoms with Crippen molar-refractivity contribution >= 4 is 92.5 Å². The lowest BCUT2D eigenvalue weighted by molar-refractivity contribution is -0.138. The molecule has 0 saturated carbocycles. The standard InChI is InChI=1S/C64H66N8O8/c1-5-57(73)77-41-9-29-69-33-21-45(22-34-69)61-49-13-15-51(65-49)62(46-23-35-70(36-24-46)30-10-42-78-58(74)6-2)53-17-19-55(67-53)64(48-27-39-72(40-28-48)32-12-44-80-60(76)8-4)56-20-18-54(68-56)63(52-16-14-50(61)66-52)47-25-37-71(38-26-47)31-11-43-79-59(75)7-3/h5-8,13-28,33,35,37,39,65,68H,1-4,9-12,29-32,34,36,38,40-44H2. The van der Waals surface area contributed by atoms with Gasteiger partial charge >= 0.3 is 23.9 Å². The highest BCUT2D eigenvalue weighted by Crippen LogP contribution is 2.37. The topological polar surface area (TPSA) is 176 Å². The number of fused-ring (bicyclic) bond motifs is 8. The molecule has 2 N–H and O–H groups in total. The number of carbonyl (C=O) groups excluding carboxylic acids is 4. The van der Waals surface area contributed by atoms with Crippen LogP contribution in [0.25, 0.3) is 68.7 Å². The Labute approximate surface area is 466 Å². The van der Waals surface area contributed by atoms with Gasteiger partial charge in [-0.2, -0.15) is 0 Å². The van der Waals surface area contributed by atoms with Crippen LogP contribution < -0.4 is 0 Å². The number of H-pyrrole nitrogens is 2. The largest absolute Gasteiger partial charge is 0.462 e. The van der Waals surface area contributed by atoms with Gasteiger partial charge in [0.25, 0.3) is 0 Å². The maximum Gasteiger partial charge on any atom is 0.330 e. The number of aromatic nitrogens is 4. The molecule has 0 aromatic carbocycles. The Bertz CT molecular complexity index is 3010. The summed E-state index contributed by atoms with van der Waals surface area (Å²) in [6, 6.07) is 8.46. The zero-order chi connectivity index (χ0) is 55.8. The molecule has 3 aromatic heterocycles. The monoisotopic (exact) mass is 1070 g/mol. The zero-order valence-electron chi connectivity index (χ0n) is 44.9. The van der Waals surface area contributed by atoms with Gasteiger partial charge in [-0.25, -0.2) is 29.1 Å². The number of esters is 4. The second kappa shape index (κ2) is 26.7. The van der Waals surface area contributed by atoms with Crippen molar-refractivity contribution in [3.63, 3.8) is 0 Å². The van der Waals surface area contributed by atoms with E-state index in [4.69, 9.17) is 28.9 Å². The number of ether oxygens (including phenoxy) is 4. The number of hydrogen-bond acceptors (Lipinski definition) is 14. The maximum atomic E-state index is 11.7. The third-order valence-corrected chi connectivity index (χ3v) is 14.0. The second-order valence-electron chi connectivity index (χ2n) is 19.3. The summed E-state index contributed by atoms with van der Waals surface area (Å²) in [6.07, 6.45) is 41.4. The average Bonchev–Trinajstić information content (AvgIpc) is 4.48. The van der Waals surface area contributed by atoms with Crippen LogP contribution in [0.1, 0.15) is 70.7 Å². The van der Waals surface area contributed by atoms with E-state index in [1.165, 1.54) is 24.3 Å². The number of nitrogens with zero attached hydrogens (tertiary/aromatic N) is 6. The van der Waals surface area contributed by atoms with Crippen molar-refractivity contribution in [2.75, 3.05) is 78.8 Å². The highest BCUT2D eigenvalue weighted by atomic mass is 16.5. The minimum atomic E-state index is -0.432. The van der Waals surface area contributed by atoms with Crippen molar-refractivity contribution < 1.29 is 38.1 Å². The minimum absolute atomic E-state index is 0.300. The summed E-state index contributed by atoms with van der Waals surface area (Å²) in [6.45, 7) is 20.5. The zero-order valence-corrected chi connectivity index (χ0v) is 44.9.